The maximum absolute atomic E-state index is 12.1. The molecule has 0 heterocycles. The number of carbonyl (C=O) groups excluding carboxylic acids is 1. The first-order chi connectivity index (χ1) is 16.9. The van der Waals surface area contributed by atoms with Crippen molar-refractivity contribution < 1.29 is 22.5 Å². The van der Waals surface area contributed by atoms with Crippen LogP contribution < -0.4 is 10.6 Å². The molecule has 0 aliphatic heterocycles. The fourth-order valence-electron chi connectivity index (χ4n) is 7.49. The highest BCUT2D eigenvalue weighted by Gasteiger charge is 2.55. The zero-order chi connectivity index (χ0) is 26.1. The van der Waals surface area contributed by atoms with Gasteiger partial charge in [0.15, 0.2) is 0 Å². The average Bonchev–Trinajstić information content (AvgIpc) is 2.73. The van der Waals surface area contributed by atoms with Crippen LogP contribution in [0.25, 0.3) is 0 Å². The summed E-state index contributed by atoms with van der Waals surface area (Å²) in [6, 6.07) is 5.37. The fourth-order valence-corrected chi connectivity index (χ4v) is 8.22. The lowest BCUT2D eigenvalue weighted by Gasteiger charge is -2.60. The smallest absolute Gasteiger partial charge is 0.407 e. The molecule has 4 aliphatic rings. The van der Waals surface area contributed by atoms with Crippen LogP contribution in [0.1, 0.15) is 89.2 Å². The van der Waals surface area contributed by atoms with Crippen LogP contribution in [0.15, 0.2) is 23.1 Å². The van der Waals surface area contributed by atoms with Crippen molar-refractivity contribution in [3.63, 3.8) is 0 Å². The van der Waals surface area contributed by atoms with Gasteiger partial charge in [0, 0.05) is 13.1 Å². The first-order valence-electron chi connectivity index (χ1n) is 13.6. The third kappa shape index (κ3) is 6.62. The molecule has 0 aromatic heterocycles. The van der Waals surface area contributed by atoms with Crippen molar-refractivity contribution in [2.75, 3.05) is 19.6 Å². The monoisotopic (exact) mass is 520 g/mol. The van der Waals surface area contributed by atoms with Crippen molar-refractivity contribution in [1.29, 1.82) is 0 Å². The summed E-state index contributed by atoms with van der Waals surface area (Å²) in [5.41, 5.74) is 1.73. The first kappa shape index (κ1) is 27.4. The Balaban J connectivity index is 1.26. The molecule has 1 aromatic carbocycles. The van der Waals surface area contributed by atoms with Gasteiger partial charge in [-0.15, -0.1) is 0 Å². The molecular weight excluding hydrogens is 476 g/mol. The van der Waals surface area contributed by atoms with Crippen molar-refractivity contribution in [2.24, 2.45) is 23.2 Å². The number of unbranched alkanes of at least 4 members (excludes halogenated alkanes) is 2. The summed E-state index contributed by atoms with van der Waals surface area (Å²) in [7, 11) is -4.23. The van der Waals surface area contributed by atoms with Gasteiger partial charge in [-0.05, 0) is 120 Å². The van der Waals surface area contributed by atoms with Gasteiger partial charge in [-0.2, -0.15) is 8.42 Å². The minimum atomic E-state index is -4.23. The topological polar surface area (TPSA) is 105 Å². The summed E-state index contributed by atoms with van der Waals surface area (Å²) < 4.78 is 39.4. The molecule has 4 aliphatic carbocycles. The largest absolute Gasteiger partial charge is 0.444 e. The van der Waals surface area contributed by atoms with E-state index < -0.39 is 15.7 Å². The van der Waals surface area contributed by atoms with Gasteiger partial charge in [-0.3, -0.25) is 4.55 Å². The SMILES string of the molecule is Cc1ccc(S(=O)(=O)O)c(C2C3CC4CC2CC(CNCCCCCNC(=O)OC(C)(C)C)(C4)C3)c1. The second-order valence-corrected chi connectivity index (χ2v) is 14.1. The van der Waals surface area contributed by atoms with Crippen molar-refractivity contribution in [3.05, 3.63) is 29.3 Å². The van der Waals surface area contributed by atoms with Crippen LogP contribution in [-0.2, 0) is 14.9 Å². The zero-order valence-electron chi connectivity index (χ0n) is 22.3. The minimum Gasteiger partial charge on any atom is -0.444 e. The van der Waals surface area contributed by atoms with Crippen LogP contribution in [0.3, 0.4) is 0 Å². The molecule has 36 heavy (non-hydrogen) atoms. The first-order valence-corrected chi connectivity index (χ1v) is 15.0. The van der Waals surface area contributed by atoms with E-state index in [1.807, 2.05) is 33.8 Å². The quantitative estimate of drug-likeness (QED) is 0.280. The lowest BCUT2D eigenvalue weighted by Crippen LogP contribution is -2.53. The number of rotatable bonds is 10. The van der Waals surface area contributed by atoms with E-state index in [4.69, 9.17) is 4.74 Å². The van der Waals surface area contributed by atoms with Gasteiger partial charge in [0.05, 0.1) is 4.90 Å². The number of aryl methyl sites for hydroxylation is 1. The summed E-state index contributed by atoms with van der Waals surface area (Å²) in [6.45, 7) is 10.2. The number of benzene rings is 1. The number of alkyl carbamates (subject to hydrolysis) is 1. The lowest BCUT2D eigenvalue weighted by molar-refractivity contribution is -0.0686. The van der Waals surface area contributed by atoms with Gasteiger partial charge >= 0.3 is 6.09 Å². The summed E-state index contributed by atoms with van der Waals surface area (Å²) in [4.78, 5) is 11.8. The molecule has 0 radical (unpaired) electrons. The Morgan fingerprint density at radius 1 is 1.08 bits per heavy atom. The maximum atomic E-state index is 12.1. The Kier molecular flexibility index (Phi) is 8.08. The molecule has 4 fully saturated rings. The van der Waals surface area contributed by atoms with Crippen molar-refractivity contribution >= 4 is 16.2 Å². The lowest BCUT2D eigenvalue weighted by atomic mass is 9.45. The highest BCUT2D eigenvalue weighted by molar-refractivity contribution is 7.85. The molecule has 2 atom stereocenters. The molecule has 3 N–H and O–H groups in total. The van der Waals surface area contributed by atoms with Crippen LogP contribution in [0.4, 0.5) is 4.79 Å². The Hall–Kier alpha value is -1.64. The highest BCUT2D eigenvalue weighted by atomic mass is 32.2. The second kappa shape index (κ2) is 10.6. The van der Waals surface area contributed by atoms with E-state index in [-0.39, 0.29) is 16.9 Å². The minimum absolute atomic E-state index is 0.110. The maximum Gasteiger partial charge on any atom is 0.407 e. The van der Waals surface area contributed by atoms with Crippen molar-refractivity contribution in [1.82, 2.24) is 10.6 Å². The van der Waals surface area contributed by atoms with Crippen LogP contribution in [0.2, 0.25) is 0 Å². The third-order valence-electron chi connectivity index (χ3n) is 8.40. The summed E-state index contributed by atoms with van der Waals surface area (Å²) in [5.74, 6) is 1.93. The van der Waals surface area contributed by atoms with E-state index in [9.17, 15) is 17.8 Å². The molecule has 2 unspecified atom stereocenters. The average molecular weight is 521 g/mol. The van der Waals surface area contributed by atoms with Crippen LogP contribution in [0.5, 0.6) is 0 Å². The van der Waals surface area contributed by atoms with E-state index in [1.165, 1.54) is 19.3 Å². The number of hydrogen-bond donors (Lipinski definition) is 3. The van der Waals surface area contributed by atoms with Gasteiger partial charge in [0.1, 0.15) is 5.60 Å². The van der Waals surface area contributed by atoms with Crippen LogP contribution in [0, 0.1) is 30.1 Å². The van der Waals surface area contributed by atoms with Gasteiger partial charge < -0.3 is 15.4 Å². The highest BCUT2D eigenvalue weighted by Crippen LogP contribution is 2.65. The third-order valence-corrected chi connectivity index (χ3v) is 9.33. The summed E-state index contributed by atoms with van der Waals surface area (Å²) >= 11 is 0. The molecule has 0 spiro atoms. The molecule has 1 amide bonds. The fraction of sp³-hybridized carbons (Fsp3) is 0.750. The Morgan fingerprint density at radius 2 is 1.75 bits per heavy atom. The molecule has 7 nitrogen and oxygen atoms in total. The predicted octanol–water partition coefficient (Wildman–Crippen LogP) is 5.44. The molecule has 202 valence electrons. The van der Waals surface area contributed by atoms with Crippen LogP contribution >= 0.6 is 0 Å². The van der Waals surface area contributed by atoms with E-state index in [0.29, 0.717) is 23.8 Å². The Bertz CT molecular complexity index is 1030. The standard InChI is InChI=1S/C28H44N2O5S/c1-19-8-9-24(36(32,33)34)23(12-19)25-21-13-20-14-22(25)17-28(15-20,16-21)18-29-10-6-5-7-11-30-26(31)35-27(2,3)4/h8-9,12,20-22,25,29H,5-7,10-11,13-18H2,1-4H3,(H,30,31)(H,32,33,34). The van der Waals surface area contributed by atoms with Gasteiger partial charge in [0.25, 0.3) is 10.1 Å². The number of hydrogen-bond acceptors (Lipinski definition) is 5. The predicted molar refractivity (Wildman–Crippen MR) is 141 cm³/mol. The second-order valence-electron chi connectivity index (χ2n) is 12.7. The van der Waals surface area contributed by atoms with Gasteiger partial charge in [0.2, 0.25) is 0 Å². The molecular formula is C28H44N2O5S. The Labute approximate surface area is 216 Å². The van der Waals surface area contributed by atoms with E-state index in [0.717, 1.165) is 62.2 Å². The molecule has 8 heteroatoms. The van der Waals surface area contributed by atoms with E-state index in [1.54, 1.807) is 12.1 Å². The Morgan fingerprint density at radius 3 is 2.39 bits per heavy atom. The summed E-state index contributed by atoms with van der Waals surface area (Å²) in [6.07, 6.45) is 8.61. The van der Waals surface area contributed by atoms with E-state index in [2.05, 4.69) is 10.6 Å². The molecule has 1 aromatic rings. The molecule has 5 rings (SSSR count). The van der Waals surface area contributed by atoms with Gasteiger partial charge in [-0.25, -0.2) is 4.79 Å². The number of carbonyl (C=O) groups is 1. The number of nitrogens with one attached hydrogen (secondary N) is 2. The number of ether oxygens (including phenoxy) is 1. The van der Waals surface area contributed by atoms with Crippen molar-refractivity contribution in [3.8, 4) is 0 Å². The summed E-state index contributed by atoms with van der Waals surface area (Å²) in [5, 5.41) is 6.54. The van der Waals surface area contributed by atoms with Crippen molar-refractivity contribution in [2.45, 2.75) is 95.5 Å². The molecule has 4 saturated carbocycles. The normalized spacial score (nSPS) is 29.4. The van der Waals surface area contributed by atoms with Crippen LogP contribution in [-0.4, -0.2) is 44.3 Å². The number of amides is 1. The zero-order valence-corrected chi connectivity index (χ0v) is 23.1. The molecule has 0 saturated heterocycles. The molecule has 4 bridgehead atoms. The van der Waals surface area contributed by atoms with E-state index >= 15 is 0 Å². The van der Waals surface area contributed by atoms with Gasteiger partial charge in [-0.1, -0.05) is 24.1 Å².